The Balaban J connectivity index is 1.55. The van der Waals surface area contributed by atoms with Crippen LogP contribution in [0.15, 0.2) is 55.1 Å². The smallest absolute Gasteiger partial charge is 0.286 e. The van der Waals surface area contributed by atoms with Crippen LogP contribution in [0.4, 0.5) is 0 Å². The third-order valence-corrected chi connectivity index (χ3v) is 4.89. The van der Waals surface area contributed by atoms with E-state index in [9.17, 15) is 4.79 Å². The molecule has 6 nitrogen and oxygen atoms in total. The van der Waals surface area contributed by atoms with E-state index in [4.69, 9.17) is 0 Å². The largest absolute Gasteiger partial charge is 0.344 e. The molecule has 0 bridgehead atoms. The molecule has 4 heterocycles. The number of carbonyl (C=O) groups is 1. The van der Waals surface area contributed by atoms with Crippen LogP contribution in [0.25, 0.3) is 11.3 Å². The maximum Gasteiger partial charge on any atom is 0.286 e. The lowest BCUT2D eigenvalue weighted by Crippen LogP contribution is -2.24. The minimum atomic E-state index is -0.106. The molecule has 0 radical (unpaired) electrons. The first kappa shape index (κ1) is 15.1. The third-order valence-electron chi connectivity index (χ3n) is 4.09. The van der Waals surface area contributed by atoms with Gasteiger partial charge in [-0.15, -0.1) is 0 Å². The molecule has 0 spiro atoms. The van der Waals surface area contributed by atoms with Gasteiger partial charge in [0.25, 0.3) is 11.6 Å². The normalized spacial score (nSPS) is 11.2. The highest BCUT2D eigenvalue weighted by atomic mass is 127. The molecule has 120 valence electrons. The summed E-state index contributed by atoms with van der Waals surface area (Å²) in [5.41, 5.74) is 3.49. The van der Waals surface area contributed by atoms with Gasteiger partial charge in [0.2, 0.25) is 0 Å². The van der Waals surface area contributed by atoms with Crippen LogP contribution in [0.2, 0.25) is 0 Å². The number of nitrogens with one attached hydrogen (secondary N) is 1. The van der Waals surface area contributed by atoms with Crippen molar-refractivity contribution in [2.75, 3.05) is 0 Å². The zero-order valence-corrected chi connectivity index (χ0v) is 15.1. The van der Waals surface area contributed by atoms with Crippen LogP contribution < -0.4 is 9.72 Å². The predicted octanol–water partition coefficient (Wildman–Crippen LogP) is 1.95. The van der Waals surface area contributed by atoms with Gasteiger partial charge < -0.3 is 5.32 Å². The summed E-state index contributed by atoms with van der Waals surface area (Å²) in [7, 11) is 2.00. The predicted molar refractivity (Wildman–Crippen MR) is 97.7 cm³/mol. The number of amides is 1. The van der Waals surface area contributed by atoms with Crippen LogP contribution in [-0.2, 0) is 13.6 Å². The summed E-state index contributed by atoms with van der Waals surface area (Å²) in [4.78, 5) is 16.7. The molecule has 0 aliphatic rings. The van der Waals surface area contributed by atoms with Crippen molar-refractivity contribution in [2.45, 2.75) is 6.54 Å². The Morgan fingerprint density at radius 3 is 3.08 bits per heavy atom. The van der Waals surface area contributed by atoms with Crippen molar-refractivity contribution in [2.24, 2.45) is 7.05 Å². The number of fused-ring (bicyclic) bond motifs is 2. The van der Waals surface area contributed by atoms with E-state index in [0.29, 0.717) is 12.1 Å². The number of imidazole rings is 2. The van der Waals surface area contributed by atoms with Gasteiger partial charge in [0.05, 0.1) is 26.0 Å². The summed E-state index contributed by atoms with van der Waals surface area (Å²) < 4.78 is 7.07. The summed E-state index contributed by atoms with van der Waals surface area (Å²) in [6, 6.07) is 9.63. The lowest BCUT2D eigenvalue weighted by molar-refractivity contribution is -0.510. The van der Waals surface area contributed by atoms with E-state index in [1.807, 2.05) is 58.7 Å². The first-order valence-electron chi connectivity index (χ1n) is 7.49. The molecule has 1 amide bonds. The molecule has 24 heavy (non-hydrogen) atoms. The van der Waals surface area contributed by atoms with E-state index in [0.717, 1.165) is 20.7 Å². The number of aryl methyl sites for hydroxylation is 1. The average Bonchev–Trinajstić information content (AvgIpc) is 3.13. The molecule has 0 aliphatic carbocycles. The van der Waals surface area contributed by atoms with E-state index < -0.39 is 0 Å². The van der Waals surface area contributed by atoms with Gasteiger partial charge in [0, 0.05) is 17.8 Å². The quantitative estimate of drug-likeness (QED) is 0.398. The van der Waals surface area contributed by atoms with E-state index in [1.54, 1.807) is 12.3 Å². The fraction of sp³-hybridized carbons (Fsp3) is 0.118. The Hall–Kier alpha value is -2.42. The Morgan fingerprint density at radius 1 is 1.38 bits per heavy atom. The molecule has 0 unspecified atom stereocenters. The Kier molecular flexibility index (Phi) is 3.72. The van der Waals surface area contributed by atoms with Gasteiger partial charge in [-0.3, -0.25) is 9.20 Å². The molecule has 0 saturated carbocycles. The van der Waals surface area contributed by atoms with Gasteiger partial charge in [0.15, 0.2) is 5.69 Å². The van der Waals surface area contributed by atoms with Crippen molar-refractivity contribution in [1.29, 1.82) is 0 Å². The molecule has 4 rings (SSSR count). The molecular weight excluding hydrogens is 417 g/mol. The van der Waals surface area contributed by atoms with Gasteiger partial charge in [-0.25, -0.2) is 14.0 Å². The minimum Gasteiger partial charge on any atom is -0.344 e. The molecule has 0 atom stereocenters. The molecule has 0 aromatic carbocycles. The Bertz CT molecular complexity index is 1070. The number of halogens is 1. The second-order valence-electron chi connectivity index (χ2n) is 5.55. The first-order valence-corrected chi connectivity index (χ1v) is 8.57. The zero-order valence-electron chi connectivity index (χ0n) is 13.0. The van der Waals surface area contributed by atoms with Crippen LogP contribution in [0.5, 0.6) is 0 Å². The minimum absolute atomic E-state index is 0.106. The zero-order chi connectivity index (χ0) is 16.7. The maximum atomic E-state index is 12.4. The molecule has 0 fully saturated rings. The van der Waals surface area contributed by atoms with E-state index >= 15 is 0 Å². The third kappa shape index (κ3) is 2.54. The molecule has 0 aliphatic heterocycles. The van der Waals surface area contributed by atoms with E-state index in [1.165, 1.54) is 0 Å². The molecule has 4 aromatic rings. The number of rotatable bonds is 3. The van der Waals surface area contributed by atoms with Gasteiger partial charge >= 0.3 is 0 Å². The number of nitrogens with zero attached hydrogens (tertiary/aromatic N) is 4. The van der Waals surface area contributed by atoms with Crippen LogP contribution in [0.3, 0.4) is 0 Å². The second kappa shape index (κ2) is 5.90. The number of hydrogen-bond acceptors (Lipinski definition) is 2. The summed E-state index contributed by atoms with van der Waals surface area (Å²) in [5, 5.41) is 2.98. The van der Waals surface area contributed by atoms with Crippen molar-refractivity contribution >= 4 is 39.8 Å². The van der Waals surface area contributed by atoms with Crippen LogP contribution in [0.1, 0.15) is 16.1 Å². The van der Waals surface area contributed by atoms with Crippen molar-refractivity contribution in [1.82, 2.24) is 19.3 Å². The van der Waals surface area contributed by atoms with Gasteiger partial charge in [-0.05, 0) is 40.8 Å². The van der Waals surface area contributed by atoms with Crippen molar-refractivity contribution in [3.63, 3.8) is 0 Å². The lowest BCUT2D eigenvalue weighted by atomic mass is 10.2. The topological polar surface area (TPSA) is 55.4 Å². The highest BCUT2D eigenvalue weighted by Crippen LogP contribution is 2.11. The summed E-state index contributed by atoms with van der Waals surface area (Å²) in [6.07, 6.45) is 7.67. The first-order chi connectivity index (χ1) is 11.6. The average molecular weight is 432 g/mol. The Labute approximate surface area is 151 Å². The van der Waals surface area contributed by atoms with Crippen molar-refractivity contribution in [3.05, 3.63) is 70.1 Å². The summed E-state index contributed by atoms with van der Waals surface area (Å²) >= 11 is 2.21. The molecule has 4 aromatic heterocycles. The molecule has 7 heteroatoms. The second-order valence-corrected chi connectivity index (χ2v) is 6.66. The Morgan fingerprint density at radius 2 is 2.25 bits per heavy atom. The van der Waals surface area contributed by atoms with Crippen molar-refractivity contribution in [3.8, 4) is 0 Å². The summed E-state index contributed by atoms with van der Waals surface area (Å²) in [6.45, 7) is 0.466. The SMILES string of the molecule is Cn1c(CNC(=O)c2ccn3c(I)cnc3c2)c[n+]2ccccc12. The molecular formula is C17H15IN5O+. The van der Waals surface area contributed by atoms with Gasteiger partial charge in [0.1, 0.15) is 15.5 Å². The number of pyridine rings is 2. The van der Waals surface area contributed by atoms with Crippen LogP contribution in [-0.4, -0.2) is 19.9 Å². The fourth-order valence-electron chi connectivity index (χ4n) is 2.76. The summed E-state index contributed by atoms with van der Waals surface area (Å²) in [5.74, 6) is -0.106. The highest BCUT2D eigenvalue weighted by Gasteiger charge is 2.15. The van der Waals surface area contributed by atoms with E-state index in [2.05, 4.69) is 37.5 Å². The van der Waals surface area contributed by atoms with Crippen molar-refractivity contribution < 1.29 is 9.20 Å². The lowest BCUT2D eigenvalue weighted by Gasteiger charge is -2.04. The van der Waals surface area contributed by atoms with Gasteiger partial charge in [-0.2, -0.15) is 0 Å². The van der Waals surface area contributed by atoms with Gasteiger partial charge in [-0.1, -0.05) is 6.07 Å². The molecule has 1 N–H and O–H groups in total. The van der Waals surface area contributed by atoms with E-state index in [-0.39, 0.29) is 5.91 Å². The maximum absolute atomic E-state index is 12.4. The fourth-order valence-corrected chi connectivity index (χ4v) is 3.31. The molecule has 0 saturated heterocycles. The number of carbonyl (C=O) groups excluding carboxylic acids is 1. The number of aromatic nitrogens is 4. The standard InChI is InChI=1S/C17H14IN5O/c1-21-13(11-22-6-3-2-4-16(21)22)9-20-17(24)12-5-7-23-14(18)10-19-15(23)8-12/h2-8,10-11H,9H2,1H3/p+1. The monoisotopic (exact) mass is 432 g/mol. The number of hydrogen-bond donors (Lipinski definition) is 1. The highest BCUT2D eigenvalue weighted by molar-refractivity contribution is 14.1. The van der Waals surface area contributed by atoms with Crippen LogP contribution >= 0.6 is 22.6 Å². The van der Waals surface area contributed by atoms with Crippen LogP contribution in [0, 0.1) is 3.70 Å².